The summed E-state index contributed by atoms with van der Waals surface area (Å²) in [6, 6.07) is 7.16. The van der Waals surface area contributed by atoms with Gasteiger partial charge in [0.15, 0.2) is 5.58 Å². The molecule has 0 aliphatic carbocycles. The number of fused-ring (bicyclic) bond motifs is 1. The summed E-state index contributed by atoms with van der Waals surface area (Å²) < 4.78 is 32.5. The monoisotopic (exact) mass is 373 g/mol. The van der Waals surface area contributed by atoms with Crippen LogP contribution in [-0.2, 0) is 15.8 Å². The molecule has 8 nitrogen and oxygen atoms in total. The van der Waals surface area contributed by atoms with Crippen molar-refractivity contribution in [3.63, 3.8) is 0 Å². The number of hydrogen-bond acceptors (Lipinski definition) is 7. The van der Waals surface area contributed by atoms with Gasteiger partial charge < -0.3 is 9.42 Å². The average Bonchev–Trinajstić information content (AvgIpc) is 3.05. The van der Waals surface area contributed by atoms with Crippen LogP contribution in [0.15, 0.2) is 41.2 Å². The van der Waals surface area contributed by atoms with Gasteiger partial charge in [0.25, 0.3) is 0 Å². The number of sulfonamides is 1. The van der Waals surface area contributed by atoms with Gasteiger partial charge in [-0.2, -0.15) is 0 Å². The first-order chi connectivity index (χ1) is 12.6. The fraction of sp³-hybridized carbons (Fsp3) is 0.353. The van der Waals surface area contributed by atoms with Gasteiger partial charge in [0, 0.05) is 18.5 Å². The molecule has 0 radical (unpaired) electrons. The molecule has 0 bridgehead atoms. The van der Waals surface area contributed by atoms with Crippen molar-refractivity contribution in [1.82, 2.24) is 15.1 Å². The summed E-state index contributed by atoms with van der Waals surface area (Å²) in [6.45, 7) is 1.87. The number of piperidine rings is 1. The van der Waals surface area contributed by atoms with Crippen LogP contribution < -0.4 is 9.62 Å². The number of rotatable bonds is 5. The van der Waals surface area contributed by atoms with E-state index in [1.54, 1.807) is 12.1 Å². The van der Waals surface area contributed by atoms with E-state index in [4.69, 9.17) is 4.52 Å². The third-order valence-electron chi connectivity index (χ3n) is 4.33. The van der Waals surface area contributed by atoms with Crippen molar-refractivity contribution in [2.24, 2.45) is 0 Å². The van der Waals surface area contributed by atoms with Crippen LogP contribution in [0.5, 0.6) is 0 Å². The predicted octanol–water partition coefficient (Wildman–Crippen LogP) is 2.55. The van der Waals surface area contributed by atoms with Gasteiger partial charge in [-0.25, -0.2) is 18.4 Å². The van der Waals surface area contributed by atoms with Crippen molar-refractivity contribution in [2.45, 2.75) is 25.0 Å². The quantitative estimate of drug-likeness (QED) is 0.733. The molecule has 0 atom stereocenters. The molecule has 0 amide bonds. The zero-order chi connectivity index (χ0) is 18.0. The number of benzene rings is 1. The zero-order valence-corrected chi connectivity index (χ0v) is 14.9. The van der Waals surface area contributed by atoms with Crippen molar-refractivity contribution in [3.8, 4) is 0 Å². The van der Waals surface area contributed by atoms with E-state index in [9.17, 15) is 8.42 Å². The van der Waals surface area contributed by atoms with Crippen LogP contribution >= 0.6 is 0 Å². The van der Waals surface area contributed by atoms with E-state index in [0.29, 0.717) is 28.3 Å². The molecular formula is C17H19N5O3S. The second-order valence-corrected chi connectivity index (χ2v) is 8.03. The molecule has 26 heavy (non-hydrogen) atoms. The number of nitrogens with zero attached hydrogens (tertiary/aromatic N) is 4. The van der Waals surface area contributed by atoms with Crippen molar-refractivity contribution in [1.29, 1.82) is 0 Å². The van der Waals surface area contributed by atoms with Gasteiger partial charge in [-0.05, 0) is 31.4 Å². The van der Waals surface area contributed by atoms with Crippen molar-refractivity contribution in [3.05, 3.63) is 42.4 Å². The van der Waals surface area contributed by atoms with E-state index in [2.05, 4.69) is 24.7 Å². The Morgan fingerprint density at radius 1 is 1.08 bits per heavy atom. The van der Waals surface area contributed by atoms with Crippen molar-refractivity contribution >= 4 is 32.6 Å². The van der Waals surface area contributed by atoms with E-state index in [1.165, 1.54) is 18.8 Å². The third kappa shape index (κ3) is 3.62. The van der Waals surface area contributed by atoms with Crippen LogP contribution in [0, 0.1) is 0 Å². The first-order valence-corrected chi connectivity index (χ1v) is 10.2. The maximum atomic E-state index is 12.4. The Morgan fingerprint density at radius 3 is 2.58 bits per heavy atom. The fourth-order valence-electron chi connectivity index (χ4n) is 3.07. The van der Waals surface area contributed by atoms with Crippen LogP contribution in [0.4, 0.5) is 11.6 Å². The third-order valence-corrected chi connectivity index (χ3v) is 5.53. The Kier molecular flexibility index (Phi) is 4.46. The van der Waals surface area contributed by atoms with Crippen molar-refractivity contribution in [2.75, 3.05) is 22.7 Å². The number of hydrogen-bond donors (Lipinski definition) is 1. The van der Waals surface area contributed by atoms with Crippen LogP contribution in [0.25, 0.3) is 11.0 Å². The highest BCUT2D eigenvalue weighted by Crippen LogP contribution is 2.21. The van der Waals surface area contributed by atoms with Crippen LogP contribution in [0.3, 0.4) is 0 Å². The minimum Gasteiger partial charge on any atom is -0.356 e. The lowest BCUT2D eigenvalue weighted by Crippen LogP contribution is -2.30. The molecule has 3 aromatic rings. The lowest BCUT2D eigenvalue weighted by atomic mass is 10.1. The molecule has 0 unspecified atom stereocenters. The van der Waals surface area contributed by atoms with Gasteiger partial charge in [0.1, 0.15) is 11.4 Å². The van der Waals surface area contributed by atoms with Crippen LogP contribution in [0.1, 0.15) is 25.0 Å². The Morgan fingerprint density at radius 2 is 1.81 bits per heavy atom. The molecule has 9 heteroatoms. The van der Waals surface area contributed by atoms with Crippen LogP contribution in [0.2, 0.25) is 0 Å². The normalized spacial score (nSPS) is 15.3. The molecular weight excluding hydrogens is 354 g/mol. The molecule has 0 saturated carbocycles. The van der Waals surface area contributed by atoms with Crippen molar-refractivity contribution < 1.29 is 12.9 Å². The Labute approximate surface area is 151 Å². The number of para-hydroxylation sites is 1. The van der Waals surface area contributed by atoms with E-state index >= 15 is 0 Å². The SMILES string of the molecule is O=S(=O)(Cc1noc2ccccc12)Nc1cnc(N2CCCCC2)nc1. The highest BCUT2D eigenvalue weighted by molar-refractivity contribution is 7.91. The Bertz CT molecular complexity index is 995. The summed E-state index contributed by atoms with van der Waals surface area (Å²) in [5, 5.41) is 4.55. The first-order valence-electron chi connectivity index (χ1n) is 8.51. The molecule has 3 heterocycles. The molecule has 1 aromatic carbocycles. The summed E-state index contributed by atoms with van der Waals surface area (Å²) in [5.74, 6) is 0.355. The maximum absolute atomic E-state index is 12.4. The average molecular weight is 373 g/mol. The van der Waals surface area contributed by atoms with Gasteiger partial charge in [-0.1, -0.05) is 17.3 Å². The molecule has 136 valence electrons. The highest BCUT2D eigenvalue weighted by atomic mass is 32.2. The molecule has 2 aromatic heterocycles. The van der Waals surface area contributed by atoms with Gasteiger partial charge in [0.2, 0.25) is 16.0 Å². The van der Waals surface area contributed by atoms with Gasteiger partial charge in [-0.3, -0.25) is 4.72 Å². The smallest absolute Gasteiger partial charge is 0.238 e. The van der Waals surface area contributed by atoms with Gasteiger partial charge in [0.05, 0.1) is 18.1 Å². The fourth-order valence-corrected chi connectivity index (χ4v) is 4.17. The largest absolute Gasteiger partial charge is 0.356 e. The van der Waals surface area contributed by atoms with E-state index in [-0.39, 0.29) is 5.75 Å². The predicted molar refractivity (Wildman–Crippen MR) is 98.4 cm³/mol. The lowest BCUT2D eigenvalue weighted by molar-refractivity contribution is 0.448. The van der Waals surface area contributed by atoms with Gasteiger partial charge >= 0.3 is 0 Å². The topological polar surface area (TPSA) is 101 Å². The standard InChI is InChI=1S/C17H19N5O3S/c23-26(24,12-15-14-6-2-3-7-16(14)25-20-15)21-13-10-18-17(19-11-13)22-8-4-1-5-9-22/h2-3,6-7,10-11,21H,1,4-5,8-9,12H2. The summed E-state index contributed by atoms with van der Waals surface area (Å²) in [5.41, 5.74) is 1.27. The molecule has 1 saturated heterocycles. The molecule has 1 fully saturated rings. The minimum atomic E-state index is -3.65. The van der Waals surface area contributed by atoms with Gasteiger partial charge in [-0.15, -0.1) is 0 Å². The molecule has 1 N–H and O–H groups in total. The van der Waals surface area contributed by atoms with Crippen LogP contribution in [-0.4, -0.2) is 36.6 Å². The Balaban J connectivity index is 1.47. The molecule has 1 aliphatic heterocycles. The minimum absolute atomic E-state index is 0.280. The zero-order valence-electron chi connectivity index (χ0n) is 14.1. The lowest BCUT2D eigenvalue weighted by Gasteiger charge is -2.26. The number of aromatic nitrogens is 3. The van der Waals surface area contributed by atoms with E-state index in [0.717, 1.165) is 25.9 Å². The molecule has 4 rings (SSSR count). The number of nitrogens with one attached hydrogen (secondary N) is 1. The molecule has 1 aliphatic rings. The summed E-state index contributed by atoms with van der Waals surface area (Å²) in [6.07, 6.45) is 6.47. The first kappa shape index (κ1) is 16.8. The summed E-state index contributed by atoms with van der Waals surface area (Å²) in [7, 11) is -3.65. The second kappa shape index (κ2) is 6.91. The van der Waals surface area contributed by atoms with E-state index < -0.39 is 10.0 Å². The Hall–Kier alpha value is -2.68. The summed E-state index contributed by atoms with van der Waals surface area (Å²) >= 11 is 0. The second-order valence-electron chi connectivity index (χ2n) is 6.31. The van der Waals surface area contributed by atoms with E-state index in [1.807, 2.05) is 12.1 Å². The number of anilines is 2. The maximum Gasteiger partial charge on any atom is 0.238 e. The highest BCUT2D eigenvalue weighted by Gasteiger charge is 2.18. The summed E-state index contributed by atoms with van der Waals surface area (Å²) in [4.78, 5) is 10.7. The molecule has 0 spiro atoms.